The Morgan fingerprint density at radius 1 is 0.875 bits per heavy atom. The highest BCUT2D eigenvalue weighted by molar-refractivity contribution is 5.70. The smallest absolute Gasteiger partial charge is 0.258 e. The van der Waals surface area contributed by atoms with Gasteiger partial charge in [-0.05, 0) is 30.3 Å². The van der Waals surface area contributed by atoms with Gasteiger partial charge in [-0.25, -0.2) is 0 Å². The molecule has 7 heteroatoms. The molecule has 0 saturated carbocycles. The summed E-state index contributed by atoms with van der Waals surface area (Å²) in [5.41, 5.74) is 7.78. The maximum absolute atomic E-state index is 5.69. The normalized spacial score (nSPS) is 10.5. The van der Waals surface area contributed by atoms with Crippen molar-refractivity contribution < 1.29 is 18.7 Å². The first kappa shape index (κ1) is 15.7. The molecule has 0 aliphatic carbocycles. The quantitative estimate of drug-likeness (QED) is 0.720. The molecular formula is C17H17N3O4. The Morgan fingerprint density at radius 2 is 1.50 bits per heavy atom. The Kier molecular flexibility index (Phi) is 4.24. The van der Waals surface area contributed by atoms with E-state index in [2.05, 4.69) is 10.1 Å². The molecule has 0 radical (unpaired) electrons. The second-order valence-corrected chi connectivity index (χ2v) is 4.95. The van der Waals surface area contributed by atoms with Crippen LogP contribution in [0.3, 0.4) is 0 Å². The summed E-state index contributed by atoms with van der Waals surface area (Å²) in [7, 11) is 4.68. The van der Waals surface area contributed by atoms with Gasteiger partial charge in [-0.3, -0.25) is 0 Å². The highest BCUT2D eigenvalue weighted by Crippen LogP contribution is 2.39. The fourth-order valence-corrected chi connectivity index (χ4v) is 2.28. The van der Waals surface area contributed by atoms with Crippen LogP contribution < -0.4 is 19.9 Å². The molecule has 3 aromatic rings. The third-order valence-electron chi connectivity index (χ3n) is 3.53. The van der Waals surface area contributed by atoms with E-state index in [0.29, 0.717) is 40.2 Å². The summed E-state index contributed by atoms with van der Waals surface area (Å²) in [5, 5.41) is 4.03. The van der Waals surface area contributed by atoms with Gasteiger partial charge >= 0.3 is 0 Å². The highest BCUT2D eigenvalue weighted by Gasteiger charge is 2.18. The summed E-state index contributed by atoms with van der Waals surface area (Å²) < 4.78 is 21.3. The van der Waals surface area contributed by atoms with Crippen LogP contribution in [0.25, 0.3) is 22.8 Å². The van der Waals surface area contributed by atoms with E-state index in [4.69, 9.17) is 24.5 Å². The van der Waals surface area contributed by atoms with E-state index in [9.17, 15) is 0 Å². The van der Waals surface area contributed by atoms with Crippen molar-refractivity contribution in [3.8, 4) is 40.1 Å². The van der Waals surface area contributed by atoms with Crippen molar-refractivity contribution in [2.24, 2.45) is 0 Å². The van der Waals surface area contributed by atoms with Crippen LogP contribution in [0.15, 0.2) is 40.9 Å². The minimum Gasteiger partial charge on any atom is -0.496 e. The van der Waals surface area contributed by atoms with Gasteiger partial charge in [0, 0.05) is 17.3 Å². The molecule has 0 aliphatic rings. The first-order valence-corrected chi connectivity index (χ1v) is 7.16. The number of anilines is 1. The van der Waals surface area contributed by atoms with Crippen molar-refractivity contribution >= 4 is 5.69 Å². The number of ether oxygens (including phenoxy) is 3. The van der Waals surface area contributed by atoms with Crippen molar-refractivity contribution in [2.45, 2.75) is 0 Å². The zero-order chi connectivity index (χ0) is 17.1. The topological polar surface area (TPSA) is 92.6 Å². The lowest BCUT2D eigenvalue weighted by molar-refractivity contribution is 0.349. The summed E-state index contributed by atoms with van der Waals surface area (Å²) in [5.74, 6) is 2.44. The largest absolute Gasteiger partial charge is 0.496 e. The monoisotopic (exact) mass is 327 g/mol. The van der Waals surface area contributed by atoms with Gasteiger partial charge in [0.25, 0.3) is 5.89 Å². The number of nitrogen functional groups attached to an aromatic ring is 1. The van der Waals surface area contributed by atoms with Gasteiger partial charge in [-0.15, -0.1) is 0 Å². The summed E-state index contributed by atoms with van der Waals surface area (Å²) in [6, 6.07) is 10.6. The van der Waals surface area contributed by atoms with Gasteiger partial charge in [-0.2, -0.15) is 4.98 Å². The van der Waals surface area contributed by atoms with Gasteiger partial charge < -0.3 is 24.5 Å². The minimum atomic E-state index is 0.389. The number of rotatable bonds is 5. The maximum Gasteiger partial charge on any atom is 0.258 e. The Bertz CT molecular complexity index is 844. The molecule has 3 rings (SSSR count). The molecule has 1 aromatic heterocycles. The molecule has 0 aliphatic heterocycles. The SMILES string of the molecule is COc1cc(OC)c(-c2noc(-c3ccc(N)cc3)n2)cc1OC. The second-order valence-electron chi connectivity index (χ2n) is 4.95. The number of hydrogen-bond acceptors (Lipinski definition) is 7. The van der Waals surface area contributed by atoms with Crippen molar-refractivity contribution in [3.05, 3.63) is 36.4 Å². The first-order valence-electron chi connectivity index (χ1n) is 7.16. The van der Waals surface area contributed by atoms with Gasteiger partial charge in [0.05, 0.1) is 26.9 Å². The summed E-state index contributed by atoms with van der Waals surface area (Å²) in [6.45, 7) is 0. The van der Waals surface area contributed by atoms with E-state index in [1.165, 1.54) is 0 Å². The zero-order valence-electron chi connectivity index (χ0n) is 13.6. The predicted octanol–water partition coefficient (Wildman–Crippen LogP) is 3.01. The lowest BCUT2D eigenvalue weighted by atomic mass is 10.1. The third kappa shape index (κ3) is 2.83. The van der Waals surface area contributed by atoms with Crippen LogP contribution in [0.5, 0.6) is 17.2 Å². The predicted molar refractivity (Wildman–Crippen MR) is 89.2 cm³/mol. The molecule has 0 amide bonds. The molecule has 24 heavy (non-hydrogen) atoms. The highest BCUT2D eigenvalue weighted by atomic mass is 16.5. The number of hydrogen-bond donors (Lipinski definition) is 1. The van der Waals surface area contributed by atoms with Crippen LogP contribution in [0.4, 0.5) is 5.69 Å². The molecule has 7 nitrogen and oxygen atoms in total. The molecular weight excluding hydrogens is 310 g/mol. The number of nitrogens with two attached hydrogens (primary N) is 1. The lowest BCUT2D eigenvalue weighted by Crippen LogP contribution is -1.95. The molecule has 0 atom stereocenters. The molecule has 1 heterocycles. The first-order chi connectivity index (χ1) is 11.7. The van der Waals surface area contributed by atoms with Crippen LogP contribution >= 0.6 is 0 Å². The van der Waals surface area contributed by atoms with Gasteiger partial charge in [-0.1, -0.05) is 5.16 Å². The van der Waals surface area contributed by atoms with E-state index < -0.39 is 0 Å². The molecule has 124 valence electrons. The van der Waals surface area contributed by atoms with Crippen LogP contribution in [-0.2, 0) is 0 Å². The summed E-state index contributed by atoms with van der Waals surface area (Å²) in [4.78, 5) is 4.42. The molecule has 0 unspecified atom stereocenters. The van der Waals surface area contributed by atoms with Crippen molar-refractivity contribution in [1.82, 2.24) is 10.1 Å². The van der Waals surface area contributed by atoms with E-state index >= 15 is 0 Å². The van der Waals surface area contributed by atoms with Crippen molar-refractivity contribution in [3.63, 3.8) is 0 Å². The molecule has 2 aromatic carbocycles. The third-order valence-corrected chi connectivity index (χ3v) is 3.53. The number of benzene rings is 2. The number of nitrogens with zero attached hydrogens (tertiary/aromatic N) is 2. The summed E-state index contributed by atoms with van der Waals surface area (Å²) >= 11 is 0. The lowest BCUT2D eigenvalue weighted by Gasteiger charge is -2.12. The average Bonchev–Trinajstić information content (AvgIpc) is 3.11. The van der Waals surface area contributed by atoms with Crippen molar-refractivity contribution in [1.29, 1.82) is 0 Å². The number of aromatic nitrogens is 2. The maximum atomic E-state index is 5.69. The Hall–Kier alpha value is -3.22. The average molecular weight is 327 g/mol. The van der Waals surface area contributed by atoms with E-state index in [1.54, 1.807) is 45.6 Å². The molecule has 0 bridgehead atoms. The fourth-order valence-electron chi connectivity index (χ4n) is 2.28. The van der Waals surface area contributed by atoms with E-state index in [-0.39, 0.29) is 0 Å². The van der Waals surface area contributed by atoms with Crippen LogP contribution in [0.1, 0.15) is 0 Å². The van der Waals surface area contributed by atoms with Gasteiger partial charge in [0.15, 0.2) is 11.5 Å². The Labute approximate surface area is 139 Å². The summed E-state index contributed by atoms with van der Waals surface area (Å²) in [6.07, 6.45) is 0. The molecule has 2 N–H and O–H groups in total. The van der Waals surface area contributed by atoms with Crippen molar-refractivity contribution in [2.75, 3.05) is 27.1 Å². The van der Waals surface area contributed by atoms with Crippen LogP contribution in [0.2, 0.25) is 0 Å². The standard InChI is InChI=1S/C17H17N3O4/c1-21-13-9-15(23-3)14(22-2)8-12(13)16-19-17(24-20-16)10-4-6-11(18)7-5-10/h4-9H,18H2,1-3H3. The second kappa shape index (κ2) is 6.49. The van der Waals surface area contributed by atoms with Gasteiger partial charge in [0.2, 0.25) is 5.82 Å². The Morgan fingerprint density at radius 3 is 2.12 bits per heavy atom. The fraction of sp³-hybridized carbons (Fsp3) is 0.176. The van der Waals surface area contributed by atoms with Crippen LogP contribution in [0, 0.1) is 0 Å². The molecule has 0 spiro atoms. The molecule has 0 saturated heterocycles. The minimum absolute atomic E-state index is 0.389. The van der Waals surface area contributed by atoms with E-state index in [0.717, 1.165) is 5.56 Å². The van der Waals surface area contributed by atoms with E-state index in [1.807, 2.05) is 12.1 Å². The number of methoxy groups -OCH3 is 3. The molecule has 0 fully saturated rings. The zero-order valence-corrected chi connectivity index (χ0v) is 13.6. The van der Waals surface area contributed by atoms with Crippen LogP contribution in [-0.4, -0.2) is 31.5 Å². The Balaban J connectivity index is 2.04. The van der Waals surface area contributed by atoms with Gasteiger partial charge in [0.1, 0.15) is 5.75 Å².